The van der Waals surface area contributed by atoms with Crippen LogP contribution < -0.4 is 0 Å². The highest BCUT2D eigenvalue weighted by atomic mass is 28.3. The summed E-state index contributed by atoms with van der Waals surface area (Å²) in [6.07, 6.45) is 14.3. The van der Waals surface area contributed by atoms with Crippen LogP contribution in [0.4, 0.5) is 0 Å². The Morgan fingerprint density at radius 3 is 2.52 bits per heavy atom. The smallest absolute Gasteiger partial charge is 0.147 e. The van der Waals surface area contributed by atoms with E-state index < -0.39 is 14.2 Å². The number of aliphatic hydroxyl groups is 1. The van der Waals surface area contributed by atoms with Gasteiger partial charge in [0.2, 0.25) is 0 Å². The molecule has 132 valence electrons. The molecular formula is C19H34O3Si. The number of aliphatic hydroxyl groups excluding tert-OH is 1. The van der Waals surface area contributed by atoms with Gasteiger partial charge in [0.15, 0.2) is 0 Å². The summed E-state index contributed by atoms with van der Waals surface area (Å²) in [4.78, 5) is 0. The lowest BCUT2D eigenvalue weighted by molar-refractivity contribution is -0.0665. The quantitative estimate of drug-likeness (QED) is 0.174. The van der Waals surface area contributed by atoms with Crippen molar-refractivity contribution >= 4 is 8.07 Å². The molecule has 0 aliphatic heterocycles. The van der Waals surface area contributed by atoms with Crippen molar-refractivity contribution in [2.45, 2.75) is 57.7 Å². The minimum absolute atomic E-state index is 0.0522. The van der Waals surface area contributed by atoms with Crippen molar-refractivity contribution in [3.63, 3.8) is 0 Å². The topological polar surface area (TPSA) is 38.7 Å². The average molecular weight is 339 g/mol. The highest BCUT2D eigenvalue weighted by molar-refractivity contribution is 6.76. The lowest BCUT2D eigenvalue weighted by atomic mass is 10.2. The summed E-state index contributed by atoms with van der Waals surface area (Å²) in [5, 5.41) is 9.58. The van der Waals surface area contributed by atoms with Crippen LogP contribution in [-0.2, 0) is 9.47 Å². The van der Waals surface area contributed by atoms with Crippen LogP contribution in [0.2, 0.25) is 25.7 Å². The van der Waals surface area contributed by atoms with Crippen LogP contribution in [0.25, 0.3) is 0 Å². The van der Waals surface area contributed by atoms with Gasteiger partial charge in [0.05, 0.1) is 12.2 Å². The number of hydrogen-bond acceptors (Lipinski definition) is 3. The molecule has 1 N–H and O–H groups in total. The van der Waals surface area contributed by atoms with Crippen molar-refractivity contribution in [2.24, 2.45) is 0 Å². The Kier molecular flexibility index (Phi) is 12.9. The molecular weight excluding hydrogens is 304 g/mol. The van der Waals surface area contributed by atoms with Gasteiger partial charge < -0.3 is 14.6 Å². The van der Waals surface area contributed by atoms with E-state index in [9.17, 15) is 5.11 Å². The standard InChI is InChI=1S/C19H34O3Si/c1-6-7-13-19(20)14-11-9-8-10-12-18(2)22-17-21-15-16-23(3,4)5/h6-7,9-13,18-20H,1,8,14-17H2,2-5H3/b11-9+,12-10-,13-7+/t18-,19+/m1/s1. The van der Waals surface area contributed by atoms with Crippen LogP contribution in [0.15, 0.2) is 49.1 Å². The molecule has 0 saturated carbocycles. The number of ether oxygens (including phenoxy) is 2. The predicted molar refractivity (Wildman–Crippen MR) is 102 cm³/mol. The molecule has 0 amide bonds. The van der Waals surface area contributed by atoms with Gasteiger partial charge in [0.25, 0.3) is 0 Å². The fourth-order valence-corrected chi connectivity index (χ4v) is 2.37. The highest BCUT2D eigenvalue weighted by Gasteiger charge is 2.11. The van der Waals surface area contributed by atoms with Gasteiger partial charge >= 0.3 is 0 Å². The Bertz CT molecular complexity index is 381. The van der Waals surface area contributed by atoms with E-state index in [2.05, 4.69) is 32.3 Å². The molecule has 23 heavy (non-hydrogen) atoms. The molecule has 4 heteroatoms. The van der Waals surface area contributed by atoms with Crippen LogP contribution in [-0.4, -0.2) is 38.8 Å². The molecule has 0 aliphatic rings. The van der Waals surface area contributed by atoms with Gasteiger partial charge in [-0.1, -0.05) is 68.8 Å². The van der Waals surface area contributed by atoms with E-state index in [4.69, 9.17) is 9.47 Å². The summed E-state index contributed by atoms with van der Waals surface area (Å²) in [5.74, 6) is 0. The summed E-state index contributed by atoms with van der Waals surface area (Å²) < 4.78 is 11.1. The first-order chi connectivity index (χ1) is 10.8. The van der Waals surface area contributed by atoms with Crippen molar-refractivity contribution in [1.82, 2.24) is 0 Å². The van der Waals surface area contributed by atoms with Gasteiger partial charge in [-0.05, 0) is 25.8 Å². The summed E-state index contributed by atoms with van der Waals surface area (Å²) >= 11 is 0. The van der Waals surface area contributed by atoms with E-state index >= 15 is 0 Å². The second-order valence-electron chi connectivity index (χ2n) is 6.77. The summed E-state index contributed by atoms with van der Waals surface area (Å²) in [6.45, 7) is 13.7. The summed E-state index contributed by atoms with van der Waals surface area (Å²) in [6, 6.07) is 1.17. The summed E-state index contributed by atoms with van der Waals surface area (Å²) in [7, 11) is -1.01. The first kappa shape index (κ1) is 22.1. The molecule has 0 radical (unpaired) electrons. The third-order valence-electron chi connectivity index (χ3n) is 3.10. The maximum absolute atomic E-state index is 9.58. The maximum Gasteiger partial charge on any atom is 0.147 e. The Labute approximate surface area is 143 Å². The van der Waals surface area contributed by atoms with Crippen molar-refractivity contribution in [3.05, 3.63) is 49.1 Å². The molecule has 0 bridgehead atoms. The SMILES string of the molecule is C=C/C=C/[C@H](O)C/C=C/C/C=C\[C@@H](C)OCOCC[Si](C)(C)C. The number of allylic oxidation sites excluding steroid dienone is 4. The van der Waals surface area contributed by atoms with E-state index in [-0.39, 0.29) is 6.10 Å². The van der Waals surface area contributed by atoms with E-state index in [0.717, 1.165) is 13.0 Å². The molecule has 2 atom stereocenters. The predicted octanol–water partition coefficient (Wildman–Crippen LogP) is 4.70. The van der Waals surface area contributed by atoms with Crippen molar-refractivity contribution in [3.8, 4) is 0 Å². The van der Waals surface area contributed by atoms with Gasteiger partial charge in [-0.3, -0.25) is 0 Å². The van der Waals surface area contributed by atoms with Gasteiger partial charge in [0, 0.05) is 14.7 Å². The normalized spacial score (nSPS) is 15.7. The van der Waals surface area contributed by atoms with E-state index in [1.54, 1.807) is 18.2 Å². The monoisotopic (exact) mass is 338 g/mol. The first-order valence-electron chi connectivity index (χ1n) is 8.33. The van der Waals surface area contributed by atoms with Gasteiger partial charge in [-0.25, -0.2) is 0 Å². The molecule has 3 nitrogen and oxygen atoms in total. The molecule has 0 unspecified atom stereocenters. The summed E-state index contributed by atoms with van der Waals surface area (Å²) in [5.41, 5.74) is 0. The third kappa shape index (κ3) is 17.2. The fourth-order valence-electron chi connectivity index (χ4n) is 1.61. The Morgan fingerprint density at radius 1 is 1.13 bits per heavy atom. The highest BCUT2D eigenvalue weighted by Crippen LogP contribution is 2.07. The minimum atomic E-state index is -1.01. The molecule has 0 aromatic carbocycles. The molecule has 0 spiro atoms. The van der Waals surface area contributed by atoms with E-state index in [1.165, 1.54) is 6.04 Å². The Morgan fingerprint density at radius 2 is 1.87 bits per heavy atom. The Hall–Kier alpha value is -0.943. The maximum atomic E-state index is 9.58. The van der Waals surface area contributed by atoms with Crippen LogP contribution >= 0.6 is 0 Å². The molecule has 0 saturated heterocycles. The number of rotatable bonds is 13. The fraction of sp³-hybridized carbons (Fsp3) is 0.579. The third-order valence-corrected chi connectivity index (χ3v) is 4.81. The van der Waals surface area contributed by atoms with Crippen LogP contribution in [0, 0.1) is 0 Å². The van der Waals surface area contributed by atoms with Crippen LogP contribution in [0.3, 0.4) is 0 Å². The lowest BCUT2D eigenvalue weighted by Gasteiger charge is -2.16. The van der Waals surface area contributed by atoms with Gasteiger partial charge in [0.1, 0.15) is 6.79 Å². The largest absolute Gasteiger partial charge is 0.389 e. The van der Waals surface area contributed by atoms with Crippen LogP contribution in [0.5, 0.6) is 0 Å². The van der Waals surface area contributed by atoms with Gasteiger partial charge in [-0.2, -0.15) is 0 Å². The van der Waals surface area contributed by atoms with Crippen molar-refractivity contribution in [2.75, 3.05) is 13.4 Å². The lowest BCUT2D eigenvalue weighted by Crippen LogP contribution is -2.22. The van der Waals surface area contributed by atoms with E-state index in [1.807, 2.05) is 25.2 Å². The first-order valence-corrected chi connectivity index (χ1v) is 12.0. The van der Waals surface area contributed by atoms with Gasteiger partial charge in [-0.15, -0.1) is 0 Å². The molecule has 0 aliphatic carbocycles. The second-order valence-corrected chi connectivity index (χ2v) is 12.4. The van der Waals surface area contributed by atoms with Crippen molar-refractivity contribution < 1.29 is 14.6 Å². The van der Waals surface area contributed by atoms with Crippen molar-refractivity contribution in [1.29, 1.82) is 0 Å². The average Bonchev–Trinajstić information content (AvgIpc) is 2.47. The molecule has 0 aromatic rings. The molecule has 0 heterocycles. The zero-order valence-corrected chi connectivity index (χ0v) is 16.2. The molecule has 0 rings (SSSR count). The van der Waals surface area contributed by atoms with E-state index in [0.29, 0.717) is 13.2 Å². The zero-order chi connectivity index (χ0) is 17.6. The molecule has 0 aromatic heterocycles. The molecule has 0 fully saturated rings. The second kappa shape index (κ2) is 13.5. The van der Waals surface area contributed by atoms with Crippen LogP contribution in [0.1, 0.15) is 19.8 Å². The zero-order valence-electron chi connectivity index (χ0n) is 15.2. The minimum Gasteiger partial charge on any atom is -0.389 e. The number of hydrogen-bond donors (Lipinski definition) is 1. The Balaban J connectivity index is 3.66.